The van der Waals surface area contributed by atoms with Crippen molar-refractivity contribution < 1.29 is 0 Å². The second-order valence-corrected chi connectivity index (χ2v) is 9.18. The summed E-state index contributed by atoms with van der Waals surface area (Å²) in [6.07, 6.45) is 0. The second kappa shape index (κ2) is 9.58. The monoisotopic (exact) mass is 406 g/mol. The minimum atomic E-state index is 0.170. The van der Waals surface area contributed by atoms with E-state index in [0.717, 1.165) is 30.2 Å². The minimum absolute atomic E-state index is 0.170. The van der Waals surface area contributed by atoms with E-state index in [1.54, 1.807) is 0 Å². The molecule has 3 aromatic rings. The molecule has 2 nitrogen and oxygen atoms in total. The predicted molar refractivity (Wildman–Crippen MR) is 124 cm³/mol. The molecule has 0 aliphatic heterocycles. The Morgan fingerprint density at radius 1 is 0.724 bits per heavy atom. The Morgan fingerprint density at radius 3 is 1.76 bits per heavy atom. The van der Waals surface area contributed by atoms with E-state index in [0.29, 0.717) is 6.54 Å². The van der Waals surface area contributed by atoms with E-state index >= 15 is 0 Å². The summed E-state index contributed by atoms with van der Waals surface area (Å²) in [5, 5.41) is 0.782. The highest BCUT2D eigenvalue weighted by atomic mass is 35.5. The van der Waals surface area contributed by atoms with Crippen molar-refractivity contribution in [3.8, 4) is 0 Å². The number of rotatable bonds is 7. The topological polar surface area (TPSA) is 29.3 Å². The van der Waals surface area contributed by atoms with Gasteiger partial charge in [0, 0.05) is 31.2 Å². The fourth-order valence-electron chi connectivity index (χ4n) is 3.47. The summed E-state index contributed by atoms with van der Waals surface area (Å²) in [5.41, 5.74) is 12.3. The number of nitrogens with zero attached hydrogens (tertiary/aromatic N) is 1. The fourth-order valence-corrected chi connectivity index (χ4v) is 3.68. The molecule has 0 radical (unpaired) electrons. The van der Waals surface area contributed by atoms with E-state index in [4.69, 9.17) is 17.3 Å². The zero-order valence-electron chi connectivity index (χ0n) is 17.7. The summed E-state index contributed by atoms with van der Waals surface area (Å²) in [6, 6.07) is 25.7. The molecule has 0 saturated heterocycles. The molecule has 0 amide bonds. The number of nitrogens with two attached hydrogens (primary N) is 1. The summed E-state index contributed by atoms with van der Waals surface area (Å²) >= 11 is 6.21. The summed E-state index contributed by atoms with van der Waals surface area (Å²) in [6.45, 7) is 9.93. The number of benzene rings is 3. The quantitative estimate of drug-likeness (QED) is 0.498. The molecule has 3 heteroatoms. The lowest BCUT2D eigenvalue weighted by molar-refractivity contribution is 0.247. The first-order valence-electron chi connectivity index (χ1n) is 10.2. The zero-order valence-corrected chi connectivity index (χ0v) is 18.4. The van der Waals surface area contributed by atoms with Crippen LogP contribution in [0.15, 0.2) is 72.8 Å². The maximum absolute atomic E-state index is 6.21. The smallest absolute Gasteiger partial charge is 0.0409 e. The molecule has 0 fully saturated rings. The molecule has 0 aliphatic rings. The van der Waals surface area contributed by atoms with Crippen LogP contribution in [0.25, 0.3) is 0 Å². The van der Waals surface area contributed by atoms with Gasteiger partial charge in [-0.05, 0) is 45.4 Å². The van der Waals surface area contributed by atoms with Crippen LogP contribution >= 0.6 is 11.6 Å². The maximum Gasteiger partial charge on any atom is 0.0409 e. The third kappa shape index (κ3) is 6.43. The highest BCUT2D eigenvalue weighted by Gasteiger charge is 2.14. The third-order valence-electron chi connectivity index (χ3n) is 5.19. The first kappa shape index (κ1) is 21.6. The lowest BCUT2D eigenvalue weighted by Gasteiger charge is -2.24. The normalized spacial score (nSPS) is 11.8. The van der Waals surface area contributed by atoms with Gasteiger partial charge in [-0.15, -0.1) is 0 Å². The van der Waals surface area contributed by atoms with E-state index < -0.39 is 0 Å². The van der Waals surface area contributed by atoms with Crippen LogP contribution in [0.3, 0.4) is 0 Å². The average molecular weight is 407 g/mol. The Morgan fingerprint density at radius 2 is 1.24 bits per heavy atom. The Balaban J connectivity index is 1.79. The first-order valence-corrected chi connectivity index (χ1v) is 10.6. The van der Waals surface area contributed by atoms with Gasteiger partial charge in [0.15, 0.2) is 0 Å². The van der Waals surface area contributed by atoms with Gasteiger partial charge in [-0.3, -0.25) is 4.90 Å². The summed E-state index contributed by atoms with van der Waals surface area (Å²) in [5.74, 6) is 0. The Bertz CT molecular complexity index is 909. The van der Waals surface area contributed by atoms with Gasteiger partial charge in [-0.1, -0.05) is 93.0 Å². The van der Waals surface area contributed by atoms with Gasteiger partial charge >= 0.3 is 0 Å². The second-order valence-electron chi connectivity index (χ2n) is 8.74. The van der Waals surface area contributed by atoms with Crippen molar-refractivity contribution in [3.05, 3.63) is 106 Å². The van der Waals surface area contributed by atoms with Gasteiger partial charge in [0.25, 0.3) is 0 Å². The van der Waals surface area contributed by atoms with Crippen molar-refractivity contribution in [3.63, 3.8) is 0 Å². The van der Waals surface area contributed by atoms with Gasteiger partial charge in [0.2, 0.25) is 0 Å². The van der Waals surface area contributed by atoms with Crippen LogP contribution in [-0.4, -0.2) is 4.90 Å². The maximum atomic E-state index is 6.21. The molecule has 3 aromatic carbocycles. The largest absolute Gasteiger partial charge is 0.326 e. The molecule has 152 valence electrons. The van der Waals surface area contributed by atoms with Crippen molar-refractivity contribution in [2.24, 2.45) is 5.73 Å². The number of halogens is 1. The van der Waals surface area contributed by atoms with E-state index in [2.05, 4.69) is 86.3 Å². The first-order chi connectivity index (χ1) is 13.8. The molecule has 0 spiro atoms. The standard InChI is InChI=1S/C26H31ClN2/c1-26(2,3)24-13-11-22(12-14-24)18-29(19-23-5-4-6-25(27)15-23)17-21-9-7-20(16-28)8-10-21/h4-15H,16-19,28H2,1-3H3. The van der Waals surface area contributed by atoms with E-state index in [1.807, 2.05) is 12.1 Å². The Labute approximate surface area is 180 Å². The molecule has 0 heterocycles. The minimum Gasteiger partial charge on any atom is -0.326 e. The highest BCUT2D eigenvalue weighted by Crippen LogP contribution is 2.23. The van der Waals surface area contributed by atoms with Crippen molar-refractivity contribution in [1.29, 1.82) is 0 Å². The molecular weight excluding hydrogens is 376 g/mol. The van der Waals surface area contributed by atoms with Gasteiger partial charge in [-0.2, -0.15) is 0 Å². The fraction of sp³-hybridized carbons (Fsp3) is 0.308. The lowest BCUT2D eigenvalue weighted by Crippen LogP contribution is -2.22. The van der Waals surface area contributed by atoms with Gasteiger partial charge in [-0.25, -0.2) is 0 Å². The lowest BCUT2D eigenvalue weighted by atomic mass is 9.87. The van der Waals surface area contributed by atoms with Gasteiger partial charge in [0.05, 0.1) is 0 Å². The highest BCUT2D eigenvalue weighted by molar-refractivity contribution is 6.30. The van der Waals surface area contributed by atoms with E-state index in [-0.39, 0.29) is 5.41 Å². The molecule has 0 bridgehead atoms. The van der Waals surface area contributed by atoms with Crippen LogP contribution in [0.4, 0.5) is 0 Å². The van der Waals surface area contributed by atoms with Crippen LogP contribution in [-0.2, 0) is 31.6 Å². The third-order valence-corrected chi connectivity index (χ3v) is 5.42. The zero-order chi connectivity index (χ0) is 20.9. The van der Waals surface area contributed by atoms with Gasteiger partial charge in [0.1, 0.15) is 0 Å². The van der Waals surface area contributed by atoms with Crippen LogP contribution in [0, 0.1) is 0 Å². The van der Waals surface area contributed by atoms with E-state index in [9.17, 15) is 0 Å². The molecule has 29 heavy (non-hydrogen) atoms. The Kier molecular flexibility index (Phi) is 7.13. The molecule has 0 atom stereocenters. The predicted octanol–water partition coefficient (Wildman–Crippen LogP) is 6.30. The Hall–Kier alpha value is -2.13. The molecule has 0 saturated carbocycles. The van der Waals surface area contributed by atoms with Crippen LogP contribution < -0.4 is 5.73 Å². The molecule has 0 unspecified atom stereocenters. The van der Waals surface area contributed by atoms with Crippen molar-refractivity contribution in [1.82, 2.24) is 4.90 Å². The van der Waals surface area contributed by atoms with Crippen LogP contribution in [0.5, 0.6) is 0 Å². The molecular formula is C26H31ClN2. The van der Waals surface area contributed by atoms with Crippen molar-refractivity contribution in [2.45, 2.75) is 52.4 Å². The molecule has 2 N–H and O–H groups in total. The molecule has 0 aromatic heterocycles. The summed E-state index contributed by atoms with van der Waals surface area (Å²) in [4.78, 5) is 2.45. The van der Waals surface area contributed by atoms with Crippen LogP contribution in [0.1, 0.15) is 48.6 Å². The number of hydrogen-bond donors (Lipinski definition) is 1. The van der Waals surface area contributed by atoms with Crippen molar-refractivity contribution >= 4 is 11.6 Å². The van der Waals surface area contributed by atoms with Crippen molar-refractivity contribution in [2.75, 3.05) is 0 Å². The number of hydrogen-bond acceptors (Lipinski definition) is 2. The summed E-state index contributed by atoms with van der Waals surface area (Å²) < 4.78 is 0. The van der Waals surface area contributed by atoms with E-state index in [1.165, 1.54) is 22.3 Å². The van der Waals surface area contributed by atoms with Crippen LogP contribution in [0.2, 0.25) is 5.02 Å². The van der Waals surface area contributed by atoms with Gasteiger partial charge < -0.3 is 5.73 Å². The summed E-state index contributed by atoms with van der Waals surface area (Å²) in [7, 11) is 0. The molecule has 3 rings (SSSR count). The molecule has 0 aliphatic carbocycles. The SMILES string of the molecule is CC(C)(C)c1ccc(CN(Cc2ccc(CN)cc2)Cc2cccc(Cl)c2)cc1. The average Bonchev–Trinajstić information content (AvgIpc) is 2.68.